The minimum absolute atomic E-state index is 0.255. The van der Waals surface area contributed by atoms with E-state index in [-0.39, 0.29) is 6.10 Å². The molecule has 1 saturated heterocycles. The van der Waals surface area contributed by atoms with Gasteiger partial charge in [0.15, 0.2) is 0 Å². The summed E-state index contributed by atoms with van der Waals surface area (Å²) in [6, 6.07) is 7.18. The van der Waals surface area contributed by atoms with Crippen molar-refractivity contribution < 1.29 is 27.4 Å². The second-order valence-corrected chi connectivity index (χ2v) is 6.25. The summed E-state index contributed by atoms with van der Waals surface area (Å²) in [6.07, 6.45) is -3.19. The Morgan fingerprint density at radius 2 is 1.82 bits per heavy atom. The number of rotatable bonds is 4. The first-order valence-electron chi connectivity index (χ1n) is 8.63. The van der Waals surface area contributed by atoms with Crippen molar-refractivity contribution in [1.29, 1.82) is 0 Å². The Hall–Kier alpha value is -3.04. The van der Waals surface area contributed by atoms with Crippen LogP contribution in [-0.2, 0) is 6.18 Å². The Morgan fingerprint density at radius 1 is 1.14 bits per heavy atom. The molecule has 3 rings (SSSR count). The molecule has 0 spiro atoms. The van der Waals surface area contributed by atoms with E-state index in [2.05, 4.69) is 15.5 Å². The fourth-order valence-corrected chi connectivity index (χ4v) is 2.81. The average Bonchev–Trinajstić information content (AvgIpc) is 2.68. The molecule has 2 aromatic rings. The van der Waals surface area contributed by atoms with E-state index >= 15 is 0 Å². The van der Waals surface area contributed by atoms with E-state index in [1.165, 1.54) is 19.2 Å². The van der Waals surface area contributed by atoms with Crippen molar-refractivity contribution in [2.45, 2.75) is 25.1 Å². The van der Waals surface area contributed by atoms with Crippen molar-refractivity contribution in [2.24, 2.45) is 0 Å². The Bertz CT molecular complexity index is 797. The third-order valence-electron chi connectivity index (χ3n) is 4.24. The number of nitrogens with one attached hydrogen (secondary N) is 1. The minimum atomic E-state index is -4.41. The SMILES string of the molecule is COc1ccc(OC2CCCN(C(=O)Nc3ccc(C(F)(F)F)cc3)C2)nn1. The molecule has 10 heteroatoms. The summed E-state index contributed by atoms with van der Waals surface area (Å²) in [5.41, 5.74) is -0.473. The zero-order valence-corrected chi connectivity index (χ0v) is 15.1. The lowest BCUT2D eigenvalue weighted by Crippen LogP contribution is -2.46. The molecule has 1 N–H and O–H groups in total. The number of hydrogen-bond acceptors (Lipinski definition) is 5. The second-order valence-electron chi connectivity index (χ2n) is 6.25. The molecule has 2 amide bonds. The number of aromatic nitrogens is 2. The molecule has 1 aliphatic rings. The van der Waals surface area contributed by atoms with Crippen LogP contribution in [0.1, 0.15) is 18.4 Å². The maximum absolute atomic E-state index is 12.6. The molecule has 0 saturated carbocycles. The summed E-state index contributed by atoms with van der Waals surface area (Å²) < 4.78 is 48.5. The molecule has 1 unspecified atom stereocenters. The molecule has 0 radical (unpaired) electrons. The van der Waals surface area contributed by atoms with Crippen molar-refractivity contribution in [2.75, 3.05) is 25.5 Å². The highest BCUT2D eigenvalue weighted by Gasteiger charge is 2.30. The van der Waals surface area contributed by atoms with Crippen LogP contribution in [0.25, 0.3) is 0 Å². The first-order chi connectivity index (χ1) is 13.3. The molecule has 28 heavy (non-hydrogen) atoms. The Morgan fingerprint density at radius 3 is 2.43 bits per heavy atom. The summed E-state index contributed by atoms with van der Waals surface area (Å²) in [6.45, 7) is 0.862. The monoisotopic (exact) mass is 396 g/mol. The molecule has 1 aromatic carbocycles. The third-order valence-corrected chi connectivity index (χ3v) is 4.24. The summed E-state index contributed by atoms with van der Waals surface area (Å²) in [5, 5.41) is 10.3. The number of alkyl halides is 3. The van der Waals surface area contributed by atoms with E-state index in [4.69, 9.17) is 9.47 Å². The van der Waals surface area contributed by atoms with Gasteiger partial charge in [0.05, 0.1) is 19.2 Å². The maximum atomic E-state index is 12.6. The predicted molar refractivity (Wildman–Crippen MR) is 94.3 cm³/mol. The number of nitrogens with zero attached hydrogens (tertiary/aromatic N) is 3. The van der Waals surface area contributed by atoms with Crippen LogP contribution >= 0.6 is 0 Å². The largest absolute Gasteiger partial charge is 0.480 e. The first-order valence-corrected chi connectivity index (χ1v) is 8.63. The molecule has 1 aromatic heterocycles. The van der Waals surface area contributed by atoms with Crippen LogP contribution in [0.5, 0.6) is 11.8 Å². The van der Waals surface area contributed by atoms with E-state index in [9.17, 15) is 18.0 Å². The third kappa shape index (κ3) is 5.02. The van der Waals surface area contributed by atoms with Gasteiger partial charge in [-0.25, -0.2) is 4.79 Å². The molecule has 1 aliphatic heterocycles. The van der Waals surface area contributed by atoms with Crippen LogP contribution in [0.2, 0.25) is 0 Å². The lowest BCUT2D eigenvalue weighted by Gasteiger charge is -2.32. The molecule has 150 valence electrons. The number of benzene rings is 1. The number of methoxy groups -OCH3 is 1. The van der Waals surface area contributed by atoms with Gasteiger partial charge in [0, 0.05) is 24.4 Å². The molecular weight excluding hydrogens is 377 g/mol. The fraction of sp³-hybridized carbons (Fsp3) is 0.389. The van der Waals surface area contributed by atoms with E-state index in [1.807, 2.05) is 0 Å². The van der Waals surface area contributed by atoms with Gasteiger partial charge >= 0.3 is 12.2 Å². The highest BCUT2D eigenvalue weighted by molar-refractivity contribution is 5.89. The lowest BCUT2D eigenvalue weighted by molar-refractivity contribution is -0.137. The molecule has 1 fully saturated rings. The molecule has 7 nitrogen and oxygen atoms in total. The molecule has 0 aliphatic carbocycles. The highest BCUT2D eigenvalue weighted by Crippen LogP contribution is 2.30. The summed E-state index contributed by atoms with van der Waals surface area (Å²) in [7, 11) is 1.48. The Kier molecular flexibility index (Phi) is 5.86. The van der Waals surface area contributed by atoms with Crippen LogP contribution in [-0.4, -0.2) is 47.4 Å². The van der Waals surface area contributed by atoms with Gasteiger partial charge in [-0.2, -0.15) is 13.2 Å². The van der Waals surface area contributed by atoms with Crippen molar-refractivity contribution >= 4 is 11.7 Å². The number of hydrogen-bond donors (Lipinski definition) is 1. The topological polar surface area (TPSA) is 76.6 Å². The normalized spacial score (nSPS) is 17.1. The van der Waals surface area contributed by atoms with Crippen LogP contribution in [0.4, 0.5) is 23.7 Å². The molecule has 1 atom stereocenters. The van der Waals surface area contributed by atoms with Gasteiger partial charge in [0.25, 0.3) is 0 Å². The number of urea groups is 1. The average molecular weight is 396 g/mol. The summed E-state index contributed by atoms with van der Waals surface area (Å²) in [4.78, 5) is 14.0. The number of anilines is 1. The van der Waals surface area contributed by atoms with E-state index < -0.39 is 17.8 Å². The standard InChI is InChI=1S/C18H19F3N4O3/c1-27-15-8-9-16(24-23-15)28-14-3-2-10-25(11-14)17(26)22-13-6-4-12(5-7-13)18(19,20)21/h4-9,14H,2-3,10-11H2,1H3,(H,22,26). The number of amides is 2. The van der Waals surface area contributed by atoms with E-state index in [0.29, 0.717) is 30.5 Å². The number of carbonyl (C=O) groups excluding carboxylic acids is 1. The zero-order chi connectivity index (χ0) is 20.1. The minimum Gasteiger partial charge on any atom is -0.480 e. The molecule has 2 heterocycles. The Balaban J connectivity index is 1.56. The number of piperidine rings is 1. The number of carbonyl (C=O) groups is 1. The van der Waals surface area contributed by atoms with Crippen molar-refractivity contribution in [3.8, 4) is 11.8 Å². The van der Waals surface area contributed by atoms with E-state index in [0.717, 1.165) is 25.0 Å². The smallest absolute Gasteiger partial charge is 0.416 e. The lowest BCUT2D eigenvalue weighted by atomic mass is 10.1. The second kappa shape index (κ2) is 8.32. The van der Waals surface area contributed by atoms with Gasteiger partial charge in [-0.3, -0.25) is 0 Å². The van der Waals surface area contributed by atoms with Gasteiger partial charge in [0.2, 0.25) is 11.8 Å². The van der Waals surface area contributed by atoms with Crippen LogP contribution in [0, 0.1) is 0 Å². The van der Waals surface area contributed by atoms with Gasteiger partial charge < -0.3 is 19.7 Å². The van der Waals surface area contributed by atoms with Crippen molar-refractivity contribution in [1.82, 2.24) is 15.1 Å². The predicted octanol–water partition coefficient (Wildman–Crippen LogP) is 3.58. The quantitative estimate of drug-likeness (QED) is 0.855. The summed E-state index contributed by atoms with van der Waals surface area (Å²) >= 11 is 0. The number of ether oxygens (including phenoxy) is 2. The maximum Gasteiger partial charge on any atom is 0.416 e. The van der Waals surface area contributed by atoms with Gasteiger partial charge in [0.1, 0.15) is 6.10 Å². The van der Waals surface area contributed by atoms with Gasteiger partial charge in [-0.15, -0.1) is 10.2 Å². The van der Waals surface area contributed by atoms with Crippen LogP contribution in [0.3, 0.4) is 0 Å². The Labute approximate surface area is 159 Å². The highest BCUT2D eigenvalue weighted by atomic mass is 19.4. The molecular formula is C18H19F3N4O3. The number of halogens is 3. The fourth-order valence-electron chi connectivity index (χ4n) is 2.81. The molecule has 0 bridgehead atoms. The van der Waals surface area contributed by atoms with Crippen LogP contribution < -0.4 is 14.8 Å². The summed E-state index contributed by atoms with van der Waals surface area (Å²) in [5.74, 6) is 0.698. The van der Waals surface area contributed by atoms with Crippen molar-refractivity contribution in [3.63, 3.8) is 0 Å². The number of likely N-dealkylation sites (tertiary alicyclic amines) is 1. The van der Waals surface area contributed by atoms with Gasteiger partial charge in [-0.05, 0) is 37.1 Å². The van der Waals surface area contributed by atoms with Gasteiger partial charge in [-0.1, -0.05) is 0 Å². The zero-order valence-electron chi connectivity index (χ0n) is 15.1. The van der Waals surface area contributed by atoms with Crippen molar-refractivity contribution in [3.05, 3.63) is 42.0 Å². The van der Waals surface area contributed by atoms with E-state index in [1.54, 1.807) is 17.0 Å². The van der Waals surface area contributed by atoms with Crippen LogP contribution in [0.15, 0.2) is 36.4 Å². The first kappa shape index (κ1) is 19.7.